The van der Waals surface area contributed by atoms with Gasteiger partial charge in [0.15, 0.2) is 0 Å². The van der Waals surface area contributed by atoms with Crippen molar-refractivity contribution in [1.29, 1.82) is 0 Å². The molecule has 27 heavy (non-hydrogen) atoms. The zero-order chi connectivity index (χ0) is 20.8. The zero-order valence-electron chi connectivity index (χ0n) is 15.9. The maximum Gasteiger partial charge on any atom is 0.453 e. The highest BCUT2D eigenvalue weighted by Gasteiger charge is 2.56. The van der Waals surface area contributed by atoms with Gasteiger partial charge >= 0.3 is 12.1 Å². The largest absolute Gasteiger partial charge is 0.453 e. The monoisotopic (exact) mass is 424 g/mol. The molecule has 0 atom stereocenters. The molecule has 0 bridgehead atoms. The van der Waals surface area contributed by atoms with E-state index in [2.05, 4.69) is 0 Å². The second-order valence-electron chi connectivity index (χ2n) is 7.07. The van der Waals surface area contributed by atoms with Gasteiger partial charge in [-0.25, -0.2) is 8.42 Å². The molecule has 0 heterocycles. The molecule has 3 nitrogen and oxygen atoms in total. The summed E-state index contributed by atoms with van der Waals surface area (Å²) in [6, 6.07) is 0. The van der Waals surface area contributed by atoms with E-state index in [4.69, 9.17) is 5.11 Å². The van der Waals surface area contributed by atoms with Gasteiger partial charge in [0.1, 0.15) is 9.84 Å². The highest BCUT2D eigenvalue weighted by atomic mass is 32.2. The van der Waals surface area contributed by atoms with Crippen LogP contribution in [0, 0.1) is 0 Å². The van der Waals surface area contributed by atoms with Crippen molar-refractivity contribution in [1.82, 2.24) is 0 Å². The van der Waals surface area contributed by atoms with E-state index in [0.29, 0.717) is 12.8 Å². The molecule has 0 aromatic carbocycles. The van der Waals surface area contributed by atoms with Gasteiger partial charge in [-0.15, -0.1) is 0 Å². The molecule has 0 saturated carbocycles. The Kier molecular flexibility index (Phi) is 13.5. The Labute approximate surface area is 159 Å². The van der Waals surface area contributed by atoms with Crippen LogP contribution in [0.2, 0.25) is 0 Å². The summed E-state index contributed by atoms with van der Waals surface area (Å²) in [4.78, 5) is 0. The minimum Gasteiger partial charge on any atom is -0.396 e. The Bertz CT molecular complexity index is 464. The van der Waals surface area contributed by atoms with E-state index in [9.17, 15) is 30.4 Å². The molecule has 0 aromatic rings. The van der Waals surface area contributed by atoms with E-state index in [1.54, 1.807) is 0 Å². The summed E-state index contributed by atoms with van der Waals surface area (Å²) in [5.41, 5.74) is 0. The van der Waals surface area contributed by atoms with Crippen molar-refractivity contribution < 1.29 is 35.5 Å². The number of aliphatic hydroxyl groups is 1. The maximum absolute atomic E-state index is 12.7. The summed E-state index contributed by atoms with van der Waals surface area (Å²) < 4.78 is 84.9. The summed E-state index contributed by atoms with van der Waals surface area (Å²) >= 11 is 0. The van der Waals surface area contributed by atoms with E-state index >= 15 is 0 Å². The third-order valence-corrected chi connectivity index (χ3v) is 6.30. The summed E-state index contributed by atoms with van der Waals surface area (Å²) in [5.74, 6) is -5.62. The fourth-order valence-corrected chi connectivity index (χ4v) is 4.21. The quantitative estimate of drug-likeness (QED) is 0.242. The lowest BCUT2D eigenvalue weighted by Crippen LogP contribution is -2.36. The molecule has 0 amide bonds. The van der Waals surface area contributed by atoms with Crippen LogP contribution in [0.5, 0.6) is 0 Å². The Hall–Kier alpha value is -0.440. The molecule has 0 aliphatic rings. The second-order valence-corrected chi connectivity index (χ2v) is 9.37. The van der Waals surface area contributed by atoms with Crippen molar-refractivity contribution in [3.8, 4) is 0 Å². The molecule has 1 N–H and O–H groups in total. The molecular formula is C18H33F5O3S. The van der Waals surface area contributed by atoms with Crippen LogP contribution in [0.4, 0.5) is 22.0 Å². The van der Waals surface area contributed by atoms with E-state index in [1.807, 2.05) is 0 Å². The van der Waals surface area contributed by atoms with Gasteiger partial charge in [0.25, 0.3) is 0 Å². The van der Waals surface area contributed by atoms with E-state index < -0.39 is 40.5 Å². The molecule has 0 fully saturated rings. The Morgan fingerprint density at radius 3 is 1.37 bits per heavy atom. The molecule has 0 spiro atoms. The summed E-state index contributed by atoms with van der Waals surface area (Å²) in [7, 11) is -3.58. The van der Waals surface area contributed by atoms with Gasteiger partial charge in [-0.1, -0.05) is 57.8 Å². The van der Waals surface area contributed by atoms with Gasteiger partial charge in [-0.3, -0.25) is 0 Å². The predicted molar refractivity (Wildman–Crippen MR) is 96.8 cm³/mol. The van der Waals surface area contributed by atoms with Crippen LogP contribution in [0.25, 0.3) is 0 Å². The predicted octanol–water partition coefficient (Wildman–Crippen LogP) is 5.66. The lowest BCUT2D eigenvalue weighted by atomic mass is 10.1. The lowest BCUT2D eigenvalue weighted by molar-refractivity contribution is -0.284. The fraction of sp³-hybridized carbons (Fsp3) is 1.00. The normalized spacial score (nSPS) is 13.3. The van der Waals surface area contributed by atoms with E-state index in [0.717, 1.165) is 57.8 Å². The Morgan fingerprint density at radius 1 is 0.593 bits per heavy atom. The first-order valence-electron chi connectivity index (χ1n) is 9.78. The topological polar surface area (TPSA) is 54.4 Å². The summed E-state index contributed by atoms with van der Waals surface area (Å²) in [6.07, 6.45) is 2.80. The Morgan fingerprint density at radius 2 is 0.963 bits per heavy atom. The lowest BCUT2D eigenvalue weighted by Gasteiger charge is -2.19. The Balaban J connectivity index is 3.63. The van der Waals surface area contributed by atoms with Crippen molar-refractivity contribution in [2.75, 3.05) is 18.1 Å². The third-order valence-electron chi connectivity index (χ3n) is 4.47. The van der Waals surface area contributed by atoms with Gasteiger partial charge in [-0.2, -0.15) is 22.0 Å². The third kappa shape index (κ3) is 14.2. The first kappa shape index (κ1) is 26.6. The molecular weight excluding hydrogens is 391 g/mol. The number of sulfone groups is 1. The van der Waals surface area contributed by atoms with Crippen LogP contribution in [0.3, 0.4) is 0 Å². The second kappa shape index (κ2) is 13.7. The first-order valence-corrected chi connectivity index (χ1v) is 11.6. The van der Waals surface area contributed by atoms with Crippen molar-refractivity contribution in [3.63, 3.8) is 0 Å². The molecule has 164 valence electrons. The van der Waals surface area contributed by atoms with E-state index in [-0.39, 0.29) is 12.4 Å². The molecule has 0 radical (unpaired) electrons. The van der Waals surface area contributed by atoms with Gasteiger partial charge in [0, 0.05) is 13.0 Å². The number of alkyl halides is 5. The van der Waals surface area contributed by atoms with Crippen molar-refractivity contribution in [2.45, 2.75) is 95.6 Å². The highest BCUT2D eigenvalue weighted by molar-refractivity contribution is 7.91. The first-order chi connectivity index (χ1) is 12.5. The molecule has 9 heteroatoms. The number of unbranched alkanes of at least 4 members (excludes halogenated alkanes) is 10. The van der Waals surface area contributed by atoms with Crippen molar-refractivity contribution >= 4 is 9.84 Å². The van der Waals surface area contributed by atoms with Crippen LogP contribution in [0.15, 0.2) is 0 Å². The molecule has 0 rings (SSSR count). The average molecular weight is 425 g/mol. The van der Waals surface area contributed by atoms with E-state index in [1.165, 1.54) is 0 Å². The minimum absolute atomic E-state index is 0.157. The molecule has 0 aromatic heterocycles. The molecule has 0 aliphatic heterocycles. The average Bonchev–Trinajstić information content (AvgIpc) is 2.54. The maximum atomic E-state index is 12.7. The van der Waals surface area contributed by atoms with Gasteiger partial charge in [-0.05, 0) is 19.3 Å². The van der Waals surface area contributed by atoms with Gasteiger partial charge in [0.2, 0.25) is 0 Å². The SMILES string of the molecule is O=S(=O)(CCCCCCCCCCCCCO)CCCC(F)(F)C(F)(F)F. The number of aliphatic hydroxyl groups excluding tert-OH is 1. The molecule has 0 saturated heterocycles. The smallest absolute Gasteiger partial charge is 0.396 e. The number of hydrogen-bond acceptors (Lipinski definition) is 3. The van der Waals surface area contributed by atoms with Crippen LogP contribution in [-0.2, 0) is 9.84 Å². The van der Waals surface area contributed by atoms with Crippen LogP contribution in [0.1, 0.15) is 83.5 Å². The van der Waals surface area contributed by atoms with Gasteiger partial charge in [0.05, 0.1) is 11.5 Å². The zero-order valence-corrected chi connectivity index (χ0v) is 16.7. The molecule has 0 aliphatic carbocycles. The highest BCUT2D eigenvalue weighted by Crippen LogP contribution is 2.38. The van der Waals surface area contributed by atoms with Crippen molar-refractivity contribution in [3.05, 3.63) is 0 Å². The van der Waals surface area contributed by atoms with Crippen LogP contribution < -0.4 is 0 Å². The summed E-state index contributed by atoms with van der Waals surface area (Å²) in [5, 5.41) is 8.66. The number of hydrogen-bond donors (Lipinski definition) is 1. The number of halogens is 5. The molecule has 0 unspecified atom stereocenters. The minimum atomic E-state index is -5.63. The number of rotatable bonds is 17. The van der Waals surface area contributed by atoms with Gasteiger partial charge < -0.3 is 5.11 Å². The van der Waals surface area contributed by atoms with Crippen molar-refractivity contribution in [2.24, 2.45) is 0 Å². The summed E-state index contributed by atoms with van der Waals surface area (Å²) in [6.45, 7) is 0.246. The fourth-order valence-electron chi connectivity index (χ4n) is 2.78. The van der Waals surface area contributed by atoms with Crippen LogP contribution in [-0.4, -0.2) is 43.7 Å². The van der Waals surface area contributed by atoms with Crippen LogP contribution >= 0.6 is 0 Å². The standard InChI is InChI=1S/C18H33F5O3S/c19-17(20,18(21,22)23)13-12-16-27(25,26)15-11-9-7-5-3-1-2-4-6-8-10-14-24/h24H,1-16H2.